The molecule has 0 aliphatic heterocycles. The van der Waals surface area contributed by atoms with Gasteiger partial charge in [-0.05, 0) is 57.5 Å². The van der Waals surface area contributed by atoms with Crippen LogP contribution in [0.3, 0.4) is 0 Å². The predicted molar refractivity (Wildman–Crippen MR) is 87.0 cm³/mol. The summed E-state index contributed by atoms with van der Waals surface area (Å²) in [7, 11) is 0. The van der Waals surface area contributed by atoms with Crippen LogP contribution in [-0.4, -0.2) is 18.3 Å². The maximum absolute atomic E-state index is 10.6. The number of ether oxygens (including phenoxy) is 1. The van der Waals surface area contributed by atoms with Crippen molar-refractivity contribution in [1.29, 1.82) is 0 Å². The summed E-state index contributed by atoms with van der Waals surface area (Å²) in [5.41, 5.74) is 0.0810. The van der Waals surface area contributed by atoms with Crippen molar-refractivity contribution >= 4 is 0 Å². The van der Waals surface area contributed by atoms with Crippen LogP contribution >= 0.6 is 0 Å². The summed E-state index contributed by atoms with van der Waals surface area (Å²) in [6, 6.07) is 11.8. The lowest BCUT2D eigenvalue weighted by Gasteiger charge is -2.24. The predicted octanol–water partition coefficient (Wildman–Crippen LogP) is 3.55. The van der Waals surface area contributed by atoms with Crippen molar-refractivity contribution in [3.63, 3.8) is 0 Å². The average molecular weight is 303 g/mol. The van der Waals surface area contributed by atoms with Crippen molar-refractivity contribution < 1.29 is 14.3 Å². The Kier molecular flexibility index (Phi) is 5.27. The Hall–Kier alpha value is -1.78. The largest absolute Gasteiger partial charge is 0.494 e. The number of aliphatic hydroxyl groups is 1. The number of rotatable bonds is 7. The summed E-state index contributed by atoms with van der Waals surface area (Å²) in [5, 5.41) is 13.9. The van der Waals surface area contributed by atoms with E-state index in [-0.39, 0.29) is 6.04 Å². The zero-order valence-corrected chi connectivity index (χ0v) is 13.7. The Morgan fingerprint density at radius 1 is 1.32 bits per heavy atom. The van der Waals surface area contributed by atoms with Gasteiger partial charge in [-0.25, -0.2) is 0 Å². The summed E-state index contributed by atoms with van der Waals surface area (Å²) in [5.74, 6) is 2.24. The molecule has 0 amide bonds. The van der Waals surface area contributed by atoms with E-state index in [0.29, 0.717) is 18.9 Å². The van der Waals surface area contributed by atoms with Crippen molar-refractivity contribution in [2.45, 2.75) is 39.3 Å². The maximum Gasteiger partial charge on any atom is 0.136 e. The lowest BCUT2D eigenvalue weighted by molar-refractivity contribution is 0.0313. The molecule has 2 atom stereocenters. The minimum atomic E-state index is -1.04. The smallest absolute Gasteiger partial charge is 0.136 e. The molecule has 120 valence electrons. The molecule has 0 saturated carbocycles. The second-order valence-electron chi connectivity index (χ2n) is 5.79. The zero-order chi connectivity index (χ0) is 16.2. The quantitative estimate of drug-likeness (QED) is 0.821. The third kappa shape index (κ3) is 4.12. The van der Waals surface area contributed by atoms with Crippen molar-refractivity contribution in [1.82, 2.24) is 5.32 Å². The van der Waals surface area contributed by atoms with Crippen LogP contribution in [0.1, 0.15) is 43.9 Å². The summed E-state index contributed by atoms with van der Waals surface area (Å²) >= 11 is 0. The van der Waals surface area contributed by atoms with Gasteiger partial charge in [0.25, 0.3) is 0 Å². The molecule has 1 aromatic heterocycles. The lowest BCUT2D eigenvalue weighted by atomic mass is 10.0. The molecule has 2 unspecified atom stereocenters. The van der Waals surface area contributed by atoms with Crippen molar-refractivity contribution in [2.75, 3.05) is 13.2 Å². The van der Waals surface area contributed by atoms with E-state index in [4.69, 9.17) is 9.15 Å². The highest BCUT2D eigenvalue weighted by Crippen LogP contribution is 2.24. The van der Waals surface area contributed by atoms with Gasteiger partial charge in [-0.1, -0.05) is 12.1 Å². The molecule has 0 bridgehead atoms. The van der Waals surface area contributed by atoms with Crippen LogP contribution < -0.4 is 10.1 Å². The van der Waals surface area contributed by atoms with Crippen LogP contribution in [0, 0.1) is 6.92 Å². The fourth-order valence-corrected chi connectivity index (χ4v) is 2.32. The first-order chi connectivity index (χ1) is 10.4. The minimum absolute atomic E-state index is 0.0999. The Bertz CT molecular complexity index is 604. The van der Waals surface area contributed by atoms with E-state index in [1.165, 1.54) is 0 Å². The van der Waals surface area contributed by atoms with Crippen LogP contribution in [0.5, 0.6) is 5.75 Å². The van der Waals surface area contributed by atoms with E-state index in [9.17, 15) is 5.11 Å². The molecule has 0 aliphatic carbocycles. The molecule has 0 aliphatic rings. The summed E-state index contributed by atoms with van der Waals surface area (Å²) in [4.78, 5) is 0. The summed E-state index contributed by atoms with van der Waals surface area (Å²) < 4.78 is 11.0. The summed E-state index contributed by atoms with van der Waals surface area (Å²) in [6.45, 7) is 8.71. The Morgan fingerprint density at radius 2 is 2.09 bits per heavy atom. The molecule has 2 aromatic rings. The summed E-state index contributed by atoms with van der Waals surface area (Å²) in [6.07, 6.45) is 0. The second kappa shape index (κ2) is 6.99. The van der Waals surface area contributed by atoms with Crippen LogP contribution in [0.2, 0.25) is 0 Å². The van der Waals surface area contributed by atoms with Crippen LogP contribution in [0.4, 0.5) is 0 Å². The van der Waals surface area contributed by atoms with Crippen molar-refractivity contribution in [3.8, 4) is 5.75 Å². The number of aryl methyl sites for hydroxylation is 1. The molecule has 0 saturated heterocycles. The van der Waals surface area contributed by atoms with E-state index in [2.05, 4.69) is 12.2 Å². The van der Waals surface area contributed by atoms with Gasteiger partial charge >= 0.3 is 0 Å². The third-order valence-corrected chi connectivity index (χ3v) is 3.69. The standard InChI is InChI=1S/C18H25NO3/c1-5-21-16-8-6-7-15(11-16)14(3)19-12-18(4,20)17-10-9-13(2)22-17/h6-11,14,19-20H,5,12H2,1-4H3. The van der Waals surface area contributed by atoms with Gasteiger partial charge in [-0.3, -0.25) is 0 Å². The zero-order valence-electron chi connectivity index (χ0n) is 13.7. The normalized spacial score (nSPS) is 15.3. The van der Waals surface area contributed by atoms with Crippen molar-refractivity contribution in [2.24, 2.45) is 0 Å². The molecular formula is C18H25NO3. The minimum Gasteiger partial charge on any atom is -0.494 e. The molecule has 1 aromatic carbocycles. The Labute approximate surface area is 132 Å². The van der Waals surface area contributed by atoms with Gasteiger partial charge in [0, 0.05) is 12.6 Å². The van der Waals surface area contributed by atoms with Gasteiger partial charge in [0.1, 0.15) is 22.9 Å². The van der Waals surface area contributed by atoms with Crippen molar-refractivity contribution in [3.05, 3.63) is 53.5 Å². The number of furan rings is 1. The van der Waals surface area contributed by atoms with Gasteiger partial charge in [-0.15, -0.1) is 0 Å². The van der Waals surface area contributed by atoms with Gasteiger partial charge in [0.05, 0.1) is 6.61 Å². The molecule has 2 rings (SSSR count). The molecule has 4 heteroatoms. The molecule has 0 radical (unpaired) electrons. The maximum atomic E-state index is 10.6. The van der Waals surface area contributed by atoms with E-state index in [0.717, 1.165) is 17.1 Å². The molecule has 0 spiro atoms. The van der Waals surface area contributed by atoms with Gasteiger partial charge < -0.3 is 19.6 Å². The first kappa shape index (κ1) is 16.6. The number of hydrogen-bond acceptors (Lipinski definition) is 4. The van der Waals surface area contributed by atoms with Crippen LogP contribution in [0.15, 0.2) is 40.8 Å². The Balaban J connectivity index is 2.00. The van der Waals surface area contributed by atoms with E-state index in [1.54, 1.807) is 6.92 Å². The Morgan fingerprint density at radius 3 is 2.73 bits per heavy atom. The molecule has 4 nitrogen and oxygen atoms in total. The topological polar surface area (TPSA) is 54.6 Å². The number of nitrogens with one attached hydrogen (secondary N) is 1. The van der Waals surface area contributed by atoms with Crippen LogP contribution in [-0.2, 0) is 5.60 Å². The number of benzene rings is 1. The SMILES string of the molecule is CCOc1cccc(C(C)NCC(C)(O)c2ccc(C)o2)c1. The fraction of sp³-hybridized carbons (Fsp3) is 0.444. The van der Waals surface area contributed by atoms with E-state index in [1.807, 2.05) is 50.2 Å². The first-order valence-corrected chi connectivity index (χ1v) is 7.68. The average Bonchev–Trinajstić information content (AvgIpc) is 2.93. The molecule has 22 heavy (non-hydrogen) atoms. The van der Waals surface area contributed by atoms with E-state index < -0.39 is 5.60 Å². The highest BCUT2D eigenvalue weighted by Gasteiger charge is 2.27. The fourth-order valence-electron chi connectivity index (χ4n) is 2.32. The first-order valence-electron chi connectivity index (χ1n) is 7.68. The van der Waals surface area contributed by atoms with Gasteiger partial charge in [0.15, 0.2) is 0 Å². The molecular weight excluding hydrogens is 278 g/mol. The number of hydrogen-bond donors (Lipinski definition) is 2. The molecule has 0 fully saturated rings. The van der Waals surface area contributed by atoms with E-state index >= 15 is 0 Å². The second-order valence-corrected chi connectivity index (χ2v) is 5.79. The molecule has 1 heterocycles. The monoisotopic (exact) mass is 303 g/mol. The highest BCUT2D eigenvalue weighted by molar-refractivity contribution is 5.30. The lowest BCUT2D eigenvalue weighted by Crippen LogP contribution is -2.36. The van der Waals surface area contributed by atoms with Gasteiger partial charge in [0.2, 0.25) is 0 Å². The van der Waals surface area contributed by atoms with Crippen LogP contribution in [0.25, 0.3) is 0 Å². The molecule has 2 N–H and O–H groups in total. The highest BCUT2D eigenvalue weighted by atomic mass is 16.5. The van der Waals surface area contributed by atoms with Gasteiger partial charge in [-0.2, -0.15) is 0 Å². The third-order valence-electron chi connectivity index (χ3n) is 3.69.